The Balaban J connectivity index is 1.19. The number of carbonyl (C=O) groups is 2. The van der Waals surface area contributed by atoms with Crippen LogP contribution in [-0.4, -0.2) is 30.7 Å². The lowest BCUT2D eigenvalue weighted by Crippen LogP contribution is -2.29. The summed E-state index contributed by atoms with van der Waals surface area (Å²) in [5.41, 5.74) is 1.94. The van der Waals surface area contributed by atoms with Crippen LogP contribution in [0.1, 0.15) is 12.0 Å². The quantitative estimate of drug-likeness (QED) is 0.460. The van der Waals surface area contributed by atoms with Gasteiger partial charge in [0.05, 0.1) is 12.3 Å². The normalized spacial score (nSPS) is 12.9. The Kier molecular flexibility index (Phi) is 6.00. The molecule has 3 aromatic rings. The first-order chi connectivity index (χ1) is 14.2. The lowest BCUT2D eigenvalue weighted by Gasteiger charge is -2.17. The molecule has 148 valence electrons. The van der Waals surface area contributed by atoms with Crippen molar-refractivity contribution in [2.45, 2.75) is 17.7 Å². The van der Waals surface area contributed by atoms with Crippen molar-refractivity contribution in [3.05, 3.63) is 66.2 Å². The smallest absolute Gasteiger partial charge is 0.230 e. The maximum atomic E-state index is 12.1. The molecule has 2 amide bonds. The molecule has 2 N–H and O–H groups in total. The number of carbonyl (C=O) groups excluding carboxylic acids is 2. The maximum absolute atomic E-state index is 12.1. The molecule has 1 aliphatic heterocycles. The molecule has 0 aromatic heterocycles. The van der Waals surface area contributed by atoms with Gasteiger partial charge >= 0.3 is 0 Å². The molecule has 0 saturated heterocycles. The molecule has 0 fully saturated rings. The Morgan fingerprint density at radius 2 is 1.90 bits per heavy atom. The second kappa shape index (κ2) is 9.01. The molecular weight excluding hydrogens is 384 g/mol. The van der Waals surface area contributed by atoms with E-state index in [1.54, 1.807) is 0 Å². The van der Waals surface area contributed by atoms with E-state index in [2.05, 4.69) is 34.9 Å². The molecule has 6 heteroatoms. The number of hydrogen-bond donors (Lipinski definition) is 2. The van der Waals surface area contributed by atoms with Crippen molar-refractivity contribution in [3.63, 3.8) is 0 Å². The molecule has 0 unspecified atom stereocenters. The van der Waals surface area contributed by atoms with Crippen LogP contribution in [0, 0.1) is 0 Å². The summed E-state index contributed by atoms with van der Waals surface area (Å²) >= 11 is 1.53. The van der Waals surface area contributed by atoms with Crippen molar-refractivity contribution in [2.24, 2.45) is 0 Å². The summed E-state index contributed by atoms with van der Waals surface area (Å²) in [7, 11) is 0. The average molecular weight is 407 g/mol. The molecular formula is C23H22N2O3S. The van der Waals surface area contributed by atoms with Gasteiger partial charge in [-0.3, -0.25) is 9.59 Å². The van der Waals surface area contributed by atoms with Crippen LogP contribution < -0.4 is 15.4 Å². The number of nitrogens with one attached hydrogen (secondary N) is 2. The number of aryl methyl sites for hydroxylation is 1. The van der Waals surface area contributed by atoms with Gasteiger partial charge in [0.2, 0.25) is 11.8 Å². The number of hydrogen-bond acceptors (Lipinski definition) is 4. The second-order valence-corrected chi connectivity index (χ2v) is 7.91. The number of ether oxygens (including phenoxy) is 1. The Morgan fingerprint density at radius 3 is 2.79 bits per heavy atom. The summed E-state index contributed by atoms with van der Waals surface area (Å²) in [4.78, 5) is 24.6. The maximum Gasteiger partial charge on any atom is 0.230 e. The fourth-order valence-corrected chi connectivity index (χ4v) is 4.04. The van der Waals surface area contributed by atoms with E-state index in [1.165, 1.54) is 22.5 Å². The predicted octanol–water partition coefficient (Wildman–Crippen LogP) is 4.01. The van der Waals surface area contributed by atoms with Crippen LogP contribution in [0.15, 0.2) is 65.6 Å². The lowest BCUT2D eigenvalue weighted by molar-refractivity contribution is -0.118. The van der Waals surface area contributed by atoms with Crippen molar-refractivity contribution in [2.75, 3.05) is 24.2 Å². The number of amides is 2. The second-order valence-electron chi connectivity index (χ2n) is 6.86. The van der Waals surface area contributed by atoms with Crippen molar-refractivity contribution in [1.29, 1.82) is 0 Å². The van der Waals surface area contributed by atoms with Gasteiger partial charge < -0.3 is 15.4 Å². The monoisotopic (exact) mass is 406 g/mol. The van der Waals surface area contributed by atoms with Gasteiger partial charge in [-0.05, 0) is 53.1 Å². The minimum atomic E-state index is -0.0140. The third kappa shape index (κ3) is 5.09. The van der Waals surface area contributed by atoms with Gasteiger partial charge in [0.25, 0.3) is 0 Å². The summed E-state index contributed by atoms with van der Waals surface area (Å²) < 4.78 is 5.73. The highest BCUT2D eigenvalue weighted by Crippen LogP contribution is 2.27. The first-order valence-electron chi connectivity index (χ1n) is 9.61. The number of fused-ring (bicyclic) bond motifs is 2. The number of anilines is 1. The molecule has 4 rings (SSSR count). The number of rotatable bonds is 7. The van der Waals surface area contributed by atoms with E-state index in [0.29, 0.717) is 25.3 Å². The Labute approximate surface area is 173 Å². The van der Waals surface area contributed by atoms with Gasteiger partial charge in [0, 0.05) is 17.0 Å². The van der Waals surface area contributed by atoms with Crippen LogP contribution in [0.5, 0.6) is 5.75 Å². The summed E-state index contributed by atoms with van der Waals surface area (Å²) in [6.45, 7) is 0.850. The SMILES string of the molecule is O=C(CSc1ccc2ccccc2c1)NCCOc1ccc2c(c1)CCC(=O)N2. The molecule has 0 saturated carbocycles. The van der Waals surface area contributed by atoms with Gasteiger partial charge in [-0.25, -0.2) is 0 Å². The van der Waals surface area contributed by atoms with E-state index >= 15 is 0 Å². The standard InChI is InChI=1S/C23H22N2O3S/c26-22-10-6-18-13-19(7-9-21(18)25-22)28-12-11-24-23(27)15-29-20-8-5-16-3-1-2-4-17(16)14-20/h1-5,7-9,13-14H,6,10-12,15H2,(H,24,27)(H,25,26). The van der Waals surface area contributed by atoms with E-state index in [-0.39, 0.29) is 11.8 Å². The number of thioether (sulfide) groups is 1. The highest BCUT2D eigenvalue weighted by atomic mass is 32.2. The molecule has 0 atom stereocenters. The summed E-state index contributed by atoms with van der Waals surface area (Å²) in [5, 5.41) is 8.11. The van der Waals surface area contributed by atoms with Gasteiger partial charge in [0.15, 0.2) is 0 Å². The van der Waals surface area contributed by atoms with E-state index in [4.69, 9.17) is 4.74 Å². The molecule has 1 heterocycles. The van der Waals surface area contributed by atoms with Crippen LogP contribution in [0.2, 0.25) is 0 Å². The van der Waals surface area contributed by atoms with Crippen molar-refractivity contribution in [3.8, 4) is 5.75 Å². The predicted molar refractivity (Wildman–Crippen MR) is 117 cm³/mol. The third-order valence-electron chi connectivity index (χ3n) is 4.76. The number of benzene rings is 3. The Hall–Kier alpha value is -2.99. The van der Waals surface area contributed by atoms with E-state index in [9.17, 15) is 9.59 Å². The van der Waals surface area contributed by atoms with E-state index in [1.807, 2.05) is 36.4 Å². The minimum absolute atomic E-state index is 0.0140. The molecule has 29 heavy (non-hydrogen) atoms. The summed E-state index contributed by atoms with van der Waals surface area (Å²) in [6, 6.07) is 20.1. The molecule has 0 aliphatic carbocycles. The topological polar surface area (TPSA) is 67.4 Å². The molecule has 0 bridgehead atoms. The summed E-state index contributed by atoms with van der Waals surface area (Å²) in [5.74, 6) is 1.16. The van der Waals surface area contributed by atoms with E-state index < -0.39 is 0 Å². The fraction of sp³-hybridized carbons (Fsp3) is 0.217. The Morgan fingerprint density at radius 1 is 1.03 bits per heavy atom. The first kappa shape index (κ1) is 19.3. The van der Waals surface area contributed by atoms with Crippen molar-refractivity contribution >= 4 is 40.0 Å². The molecule has 0 radical (unpaired) electrons. The van der Waals surface area contributed by atoms with Gasteiger partial charge in [-0.1, -0.05) is 30.3 Å². The zero-order chi connectivity index (χ0) is 20.1. The minimum Gasteiger partial charge on any atom is -0.492 e. The first-order valence-corrected chi connectivity index (χ1v) is 10.6. The van der Waals surface area contributed by atoms with Crippen LogP contribution in [0.4, 0.5) is 5.69 Å². The van der Waals surface area contributed by atoms with Crippen LogP contribution in [0.25, 0.3) is 10.8 Å². The lowest BCUT2D eigenvalue weighted by atomic mass is 10.0. The highest BCUT2D eigenvalue weighted by molar-refractivity contribution is 8.00. The van der Waals surface area contributed by atoms with Crippen LogP contribution in [0.3, 0.4) is 0 Å². The molecule has 1 aliphatic rings. The highest BCUT2D eigenvalue weighted by Gasteiger charge is 2.15. The van der Waals surface area contributed by atoms with Crippen molar-refractivity contribution in [1.82, 2.24) is 5.32 Å². The van der Waals surface area contributed by atoms with Crippen molar-refractivity contribution < 1.29 is 14.3 Å². The average Bonchev–Trinajstić information content (AvgIpc) is 2.75. The zero-order valence-electron chi connectivity index (χ0n) is 15.9. The van der Waals surface area contributed by atoms with E-state index in [0.717, 1.165) is 28.3 Å². The molecule has 3 aromatic carbocycles. The Bertz CT molecular complexity index is 1050. The third-order valence-corrected chi connectivity index (χ3v) is 5.75. The summed E-state index contributed by atoms with van der Waals surface area (Å²) in [6.07, 6.45) is 1.22. The largest absolute Gasteiger partial charge is 0.492 e. The van der Waals surface area contributed by atoms with Crippen LogP contribution in [-0.2, 0) is 16.0 Å². The van der Waals surface area contributed by atoms with Gasteiger partial charge in [-0.15, -0.1) is 11.8 Å². The van der Waals surface area contributed by atoms with Gasteiger partial charge in [-0.2, -0.15) is 0 Å². The fourth-order valence-electron chi connectivity index (χ4n) is 3.27. The molecule has 5 nitrogen and oxygen atoms in total. The van der Waals surface area contributed by atoms with Crippen LogP contribution >= 0.6 is 11.8 Å². The zero-order valence-corrected chi connectivity index (χ0v) is 16.8. The van der Waals surface area contributed by atoms with Gasteiger partial charge in [0.1, 0.15) is 12.4 Å². The molecule has 0 spiro atoms.